The summed E-state index contributed by atoms with van der Waals surface area (Å²) in [7, 11) is 1.63. The first-order chi connectivity index (χ1) is 10.2. The Morgan fingerprint density at radius 3 is 2.64 bits per heavy atom. The van der Waals surface area contributed by atoms with Crippen molar-refractivity contribution in [2.24, 2.45) is 12.8 Å². The maximum atomic E-state index is 12.2. The van der Waals surface area contributed by atoms with Crippen LogP contribution in [0.5, 0.6) is 0 Å². The van der Waals surface area contributed by atoms with Crippen LogP contribution in [-0.2, 0) is 12.6 Å². The van der Waals surface area contributed by atoms with Crippen LogP contribution >= 0.6 is 0 Å². The van der Waals surface area contributed by atoms with E-state index in [1.54, 1.807) is 33.0 Å². The van der Waals surface area contributed by atoms with Gasteiger partial charge in [0.2, 0.25) is 5.91 Å². The number of furan rings is 1. The van der Waals surface area contributed by atoms with Gasteiger partial charge in [-0.15, -0.1) is 0 Å². The molecule has 0 radical (unpaired) electrons. The number of carbonyl (C=O) groups is 2. The van der Waals surface area contributed by atoms with E-state index in [-0.39, 0.29) is 17.8 Å². The van der Waals surface area contributed by atoms with E-state index in [9.17, 15) is 14.7 Å². The van der Waals surface area contributed by atoms with Crippen LogP contribution in [0, 0.1) is 6.92 Å². The molecule has 2 aromatic rings. The predicted octanol–water partition coefficient (Wildman–Crippen LogP) is 0.663. The van der Waals surface area contributed by atoms with E-state index in [4.69, 9.17) is 10.2 Å². The molecule has 1 unspecified atom stereocenters. The molecular weight excluding hydrogens is 286 g/mol. The molecule has 4 N–H and O–H groups in total. The van der Waals surface area contributed by atoms with Crippen LogP contribution in [0.25, 0.3) is 0 Å². The van der Waals surface area contributed by atoms with Crippen LogP contribution in [-0.4, -0.2) is 28.0 Å². The number of rotatable bonds is 5. The van der Waals surface area contributed by atoms with Gasteiger partial charge in [0, 0.05) is 13.2 Å². The Morgan fingerprint density at radius 1 is 1.45 bits per heavy atom. The van der Waals surface area contributed by atoms with Gasteiger partial charge in [-0.1, -0.05) is 0 Å². The van der Waals surface area contributed by atoms with Gasteiger partial charge in [0.15, 0.2) is 0 Å². The Morgan fingerprint density at radius 2 is 2.14 bits per heavy atom. The monoisotopic (exact) mass is 305 g/mol. The fraction of sp³-hybridized carbons (Fsp3) is 0.333. The smallest absolute Gasteiger partial charge is 0.268 e. The van der Waals surface area contributed by atoms with Gasteiger partial charge < -0.3 is 25.1 Å². The summed E-state index contributed by atoms with van der Waals surface area (Å²) in [6.45, 7) is 3.29. The zero-order valence-corrected chi connectivity index (χ0v) is 12.7. The molecule has 0 aliphatic carbocycles. The van der Waals surface area contributed by atoms with E-state index >= 15 is 0 Å². The lowest BCUT2D eigenvalue weighted by Gasteiger charge is -2.21. The van der Waals surface area contributed by atoms with Crippen molar-refractivity contribution in [1.29, 1.82) is 0 Å². The average molecular weight is 305 g/mol. The van der Waals surface area contributed by atoms with Gasteiger partial charge in [0.25, 0.3) is 5.91 Å². The van der Waals surface area contributed by atoms with Crippen molar-refractivity contribution in [2.75, 3.05) is 6.54 Å². The number of hydrogen-bond acceptors (Lipinski definition) is 4. The summed E-state index contributed by atoms with van der Waals surface area (Å²) in [5.74, 6) is 0.0244. The van der Waals surface area contributed by atoms with Gasteiger partial charge >= 0.3 is 0 Å². The average Bonchev–Trinajstić information content (AvgIpc) is 3.03. The van der Waals surface area contributed by atoms with Crippen molar-refractivity contribution in [3.8, 4) is 0 Å². The van der Waals surface area contributed by atoms with E-state index in [2.05, 4.69) is 5.32 Å². The van der Waals surface area contributed by atoms with E-state index in [1.165, 1.54) is 16.8 Å². The highest BCUT2D eigenvalue weighted by Gasteiger charge is 2.28. The summed E-state index contributed by atoms with van der Waals surface area (Å²) in [4.78, 5) is 23.3. The number of hydrogen-bond donors (Lipinski definition) is 3. The molecule has 0 saturated carbocycles. The third kappa shape index (κ3) is 3.20. The molecule has 0 spiro atoms. The molecule has 22 heavy (non-hydrogen) atoms. The number of carbonyl (C=O) groups excluding carboxylic acids is 2. The molecule has 118 valence electrons. The number of aromatic nitrogens is 1. The molecule has 2 rings (SSSR count). The molecule has 7 heteroatoms. The van der Waals surface area contributed by atoms with E-state index in [1.807, 2.05) is 0 Å². The van der Waals surface area contributed by atoms with E-state index in [0.29, 0.717) is 11.5 Å². The lowest BCUT2D eigenvalue weighted by atomic mass is 10.0. The first-order valence-electron chi connectivity index (χ1n) is 6.74. The summed E-state index contributed by atoms with van der Waals surface area (Å²) in [6, 6.07) is 4.81. The number of aryl methyl sites for hydroxylation is 2. The zero-order chi connectivity index (χ0) is 16.5. The van der Waals surface area contributed by atoms with Crippen LogP contribution < -0.4 is 11.1 Å². The van der Waals surface area contributed by atoms with Crippen molar-refractivity contribution in [3.63, 3.8) is 0 Å². The molecule has 2 amide bonds. The van der Waals surface area contributed by atoms with Crippen LogP contribution in [0.15, 0.2) is 28.8 Å². The van der Waals surface area contributed by atoms with Crippen LogP contribution in [0.3, 0.4) is 0 Å². The SMILES string of the molecule is Cc1ccc(C(C)(O)CNC(=O)c2cc(C(N)=O)cn2C)o1. The lowest BCUT2D eigenvalue weighted by molar-refractivity contribution is 0.0322. The molecule has 0 fully saturated rings. The number of nitrogens with zero attached hydrogens (tertiary/aromatic N) is 1. The topological polar surface area (TPSA) is 110 Å². The fourth-order valence-corrected chi connectivity index (χ4v) is 2.08. The minimum atomic E-state index is -1.33. The molecular formula is C15H19N3O4. The lowest BCUT2D eigenvalue weighted by Crippen LogP contribution is -2.38. The predicted molar refractivity (Wildman–Crippen MR) is 79.3 cm³/mol. The summed E-state index contributed by atoms with van der Waals surface area (Å²) in [6.07, 6.45) is 1.48. The minimum absolute atomic E-state index is 0.0319. The Balaban J connectivity index is 2.08. The molecule has 7 nitrogen and oxygen atoms in total. The Hall–Kier alpha value is -2.54. The van der Waals surface area contributed by atoms with Gasteiger partial charge in [0.1, 0.15) is 22.8 Å². The second-order valence-corrected chi connectivity index (χ2v) is 5.46. The van der Waals surface area contributed by atoms with Gasteiger partial charge in [-0.05, 0) is 32.0 Å². The van der Waals surface area contributed by atoms with Crippen LogP contribution in [0.2, 0.25) is 0 Å². The summed E-state index contributed by atoms with van der Waals surface area (Å²) < 4.78 is 6.88. The molecule has 0 saturated heterocycles. The molecule has 0 bridgehead atoms. The summed E-state index contributed by atoms with van der Waals surface area (Å²) in [5.41, 5.74) is 4.38. The van der Waals surface area contributed by atoms with Crippen molar-refractivity contribution in [3.05, 3.63) is 47.2 Å². The van der Waals surface area contributed by atoms with Crippen molar-refractivity contribution >= 4 is 11.8 Å². The van der Waals surface area contributed by atoms with E-state index < -0.39 is 17.4 Å². The van der Waals surface area contributed by atoms with Crippen molar-refractivity contribution in [1.82, 2.24) is 9.88 Å². The number of primary amides is 1. The fourth-order valence-electron chi connectivity index (χ4n) is 2.08. The molecule has 0 aromatic carbocycles. The molecule has 0 aliphatic rings. The third-order valence-corrected chi connectivity index (χ3v) is 3.39. The second-order valence-electron chi connectivity index (χ2n) is 5.46. The molecule has 0 aliphatic heterocycles. The second kappa shape index (κ2) is 5.69. The third-order valence-electron chi connectivity index (χ3n) is 3.39. The van der Waals surface area contributed by atoms with Gasteiger partial charge in [0.05, 0.1) is 12.1 Å². The molecule has 2 heterocycles. The Bertz CT molecular complexity index is 712. The number of nitrogens with one attached hydrogen (secondary N) is 1. The quantitative estimate of drug-likeness (QED) is 0.753. The van der Waals surface area contributed by atoms with Crippen molar-refractivity contribution in [2.45, 2.75) is 19.4 Å². The molecule has 1 atom stereocenters. The first kappa shape index (κ1) is 15.8. The zero-order valence-electron chi connectivity index (χ0n) is 12.7. The number of amides is 2. The standard InChI is InChI=1S/C15H19N3O4/c1-9-4-5-12(22-9)15(2,21)8-17-14(20)11-6-10(13(16)19)7-18(11)3/h4-7,21H,8H2,1-3H3,(H2,16,19)(H,17,20). The first-order valence-corrected chi connectivity index (χ1v) is 6.74. The maximum absolute atomic E-state index is 12.2. The maximum Gasteiger partial charge on any atom is 0.268 e. The van der Waals surface area contributed by atoms with Gasteiger partial charge in [-0.3, -0.25) is 9.59 Å². The van der Waals surface area contributed by atoms with E-state index in [0.717, 1.165) is 0 Å². The summed E-state index contributed by atoms with van der Waals surface area (Å²) in [5, 5.41) is 13.0. The van der Waals surface area contributed by atoms with Gasteiger partial charge in [-0.25, -0.2) is 0 Å². The van der Waals surface area contributed by atoms with Crippen molar-refractivity contribution < 1.29 is 19.1 Å². The number of nitrogens with two attached hydrogens (primary N) is 1. The highest BCUT2D eigenvalue weighted by molar-refractivity contribution is 5.98. The van der Waals surface area contributed by atoms with Crippen LogP contribution in [0.4, 0.5) is 0 Å². The summed E-state index contributed by atoms with van der Waals surface area (Å²) >= 11 is 0. The highest BCUT2D eigenvalue weighted by atomic mass is 16.4. The highest BCUT2D eigenvalue weighted by Crippen LogP contribution is 2.22. The van der Waals surface area contributed by atoms with Gasteiger partial charge in [-0.2, -0.15) is 0 Å². The molecule has 2 aromatic heterocycles. The normalized spacial score (nSPS) is 13.6. The minimum Gasteiger partial charge on any atom is -0.463 e. The Kier molecular flexibility index (Phi) is 4.09. The Labute approximate surface area is 127 Å². The van der Waals surface area contributed by atoms with Crippen LogP contribution in [0.1, 0.15) is 39.3 Å². The number of aliphatic hydroxyl groups is 1. The largest absolute Gasteiger partial charge is 0.463 e.